The summed E-state index contributed by atoms with van der Waals surface area (Å²) in [6.07, 6.45) is 7.22. The predicted octanol–water partition coefficient (Wildman–Crippen LogP) is 4.85. The average Bonchev–Trinajstić information content (AvgIpc) is 3.46. The predicted molar refractivity (Wildman–Crippen MR) is 128 cm³/mol. The van der Waals surface area contributed by atoms with Crippen LogP contribution in [0.2, 0.25) is 5.02 Å². The van der Waals surface area contributed by atoms with Crippen LogP contribution in [0.3, 0.4) is 0 Å². The number of aryl methyl sites for hydroxylation is 1. The molecule has 0 saturated carbocycles. The molecule has 1 unspecified atom stereocenters. The molecule has 0 aliphatic carbocycles. The van der Waals surface area contributed by atoms with E-state index in [0.717, 1.165) is 52.6 Å². The number of amides is 1. The summed E-state index contributed by atoms with van der Waals surface area (Å²) in [4.78, 5) is 16.9. The number of carboxylic acid groups (broad SMARTS) is 1. The third-order valence-electron chi connectivity index (χ3n) is 6.35. The highest BCUT2D eigenvalue weighted by Gasteiger charge is 2.26. The second kappa shape index (κ2) is 10.2. The number of fused-ring (bicyclic) bond motifs is 1. The van der Waals surface area contributed by atoms with Crippen LogP contribution in [0.25, 0.3) is 10.9 Å². The number of hydrogen-bond acceptors (Lipinski definition) is 6. The molecule has 5 rings (SSSR count). The summed E-state index contributed by atoms with van der Waals surface area (Å²) < 4.78 is 20.3. The number of oxazole rings is 1. The molecule has 0 spiro atoms. The van der Waals surface area contributed by atoms with Crippen molar-refractivity contribution in [2.75, 3.05) is 26.3 Å². The number of nitrogens with zero attached hydrogens (tertiary/aromatic N) is 4. The highest BCUT2D eigenvalue weighted by atomic mass is 79.9. The first-order valence-electron chi connectivity index (χ1n) is 11.5. The lowest BCUT2D eigenvalue weighted by atomic mass is 10.1. The van der Waals surface area contributed by atoms with E-state index in [1.54, 1.807) is 6.20 Å². The number of rotatable bonds is 6. The Balaban J connectivity index is 1.25. The van der Waals surface area contributed by atoms with Gasteiger partial charge in [0, 0.05) is 34.5 Å². The fourth-order valence-corrected chi connectivity index (χ4v) is 5.68. The van der Waals surface area contributed by atoms with Crippen molar-refractivity contribution in [1.29, 1.82) is 0 Å². The zero-order chi connectivity index (χ0) is 23.7. The summed E-state index contributed by atoms with van der Waals surface area (Å²) in [5.41, 5.74) is 1.95. The Kier molecular flexibility index (Phi) is 7.10. The quantitative estimate of drug-likeness (QED) is 0.466. The van der Waals surface area contributed by atoms with Crippen molar-refractivity contribution in [3.8, 4) is 0 Å². The highest BCUT2D eigenvalue weighted by Crippen LogP contribution is 2.36. The number of hydrogen-bond donors (Lipinski definition) is 1. The molecule has 1 N–H and O–H groups in total. The molecule has 2 atom stereocenters. The first kappa shape index (κ1) is 23.6. The molecule has 34 heavy (non-hydrogen) atoms. The van der Waals surface area contributed by atoms with Gasteiger partial charge >= 0.3 is 6.09 Å². The molecule has 2 saturated heterocycles. The Morgan fingerprint density at radius 1 is 1.24 bits per heavy atom. The average molecular weight is 554 g/mol. The van der Waals surface area contributed by atoms with Crippen molar-refractivity contribution in [2.45, 2.75) is 50.9 Å². The fraction of sp³-hybridized carbons (Fsp3) is 0.522. The summed E-state index contributed by atoms with van der Waals surface area (Å²) in [5, 5.41) is 15.4. The maximum atomic E-state index is 11.2. The van der Waals surface area contributed by atoms with Crippen LogP contribution in [0, 0.1) is 0 Å². The van der Waals surface area contributed by atoms with Gasteiger partial charge in [-0.25, -0.2) is 14.5 Å². The minimum atomic E-state index is -0.933. The molecule has 2 aromatic heterocycles. The standard InChI is InChI=1S/C23H26BrClN4O5/c24-22-16(18(25)10-19-17(22)12-27-29(19)21-3-1-2-7-33-21)5-4-14-11-26-20(34-14)9-15-13-28(23(30)31)6-8-32-15/h10-12,15,21H,1-9,13H2,(H,30,31)/t15-,21?/m0/s1. The van der Waals surface area contributed by atoms with Gasteiger partial charge in [-0.2, -0.15) is 5.10 Å². The van der Waals surface area contributed by atoms with E-state index < -0.39 is 6.09 Å². The molecule has 0 bridgehead atoms. The molecule has 11 heteroatoms. The van der Waals surface area contributed by atoms with Crippen molar-refractivity contribution in [2.24, 2.45) is 0 Å². The number of carbonyl (C=O) groups is 1. The molecule has 2 aliphatic heterocycles. The second-order valence-electron chi connectivity index (χ2n) is 8.64. The largest absolute Gasteiger partial charge is 0.465 e. The van der Waals surface area contributed by atoms with Crippen molar-refractivity contribution >= 4 is 44.5 Å². The van der Waals surface area contributed by atoms with Gasteiger partial charge in [0.2, 0.25) is 0 Å². The zero-order valence-electron chi connectivity index (χ0n) is 18.6. The van der Waals surface area contributed by atoms with Gasteiger partial charge in [0.05, 0.1) is 43.6 Å². The molecule has 4 heterocycles. The van der Waals surface area contributed by atoms with Gasteiger partial charge in [0.1, 0.15) is 5.76 Å². The van der Waals surface area contributed by atoms with Gasteiger partial charge in [0.25, 0.3) is 0 Å². The molecule has 2 aliphatic rings. The van der Waals surface area contributed by atoms with Crippen molar-refractivity contribution in [3.05, 3.63) is 45.2 Å². The van der Waals surface area contributed by atoms with Crippen LogP contribution >= 0.6 is 27.5 Å². The van der Waals surface area contributed by atoms with E-state index in [1.807, 2.05) is 16.9 Å². The van der Waals surface area contributed by atoms with E-state index in [-0.39, 0.29) is 12.3 Å². The van der Waals surface area contributed by atoms with Crippen LogP contribution in [0.1, 0.15) is 42.7 Å². The maximum absolute atomic E-state index is 11.2. The Morgan fingerprint density at radius 3 is 2.91 bits per heavy atom. The lowest BCUT2D eigenvalue weighted by Gasteiger charge is -2.30. The first-order valence-corrected chi connectivity index (χ1v) is 12.7. The number of benzene rings is 1. The molecule has 0 radical (unpaired) electrons. The number of aromatic nitrogens is 3. The Bertz CT molecular complexity index is 1180. The fourth-order valence-electron chi connectivity index (χ4n) is 4.55. The summed E-state index contributed by atoms with van der Waals surface area (Å²) >= 11 is 10.4. The zero-order valence-corrected chi connectivity index (χ0v) is 20.9. The highest BCUT2D eigenvalue weighted by molar-refractivity contribution is 9.10. The molecule has 3 aromatic rings. The molecule has 1 amide bonds. The summed E-state index contributed by atoms with van der Waals surface area (Å²) in [6, 6.07) is 1.96. The molecular weight excluding hydrogens is 528 g/mol. The van der Waals surface area contributed by atoms with Crippen LogP contribution in [-0.2, 0) is 28.7 Å². The van der Waals surface area contributed by atoms with E-state index in [2.05, 4.69) is 26.0 Å². The molecule has 2 fully saturated rings. The lowest BCUT2D eigenvalue weighted by Crippen LogP contribution is -2.45. The smallest absolute Gasteiger partial charge is 0.407 e. The molecule has 9 nitrogen and oxygen atoms in total. The first-order chi connectivity index (χ1) is 16.5. The van der Waals surface area contributed by atoms with Gasteiger partial charge < -0.3 is 23.9 Å². The van der Waals surface area contributed by atoms with Crippen LogP contribution in [-0.4, -0.2) is 63.3 Å². The second-order valence-corrected chi connectivity index (χ2v) is 9.84. The SMILES string of the molecule is O=C(O)N1CCO[C@@H](Cc2ncc(CCc3c(Cl)cc4c(cnn4C4CCCCO4)c3Br)o2)C1. The summed E-state index contributed by atoms with van der Waals surface area (Å²) in [6.45, 7) is 1.83. The number of ether oxygens (including phenoxy) is 2. The molecular formula is C23H26BrClN4O5. The maximum Gasteiger partial charge on any atom is 0.407 e. The minimum Gasteiger partial charge on any atom is -0.465 e. The van der Waals surface area contributed by atoms with Gasteiger partial charge in [-0.1, -0.05) is 11.6 Å². The van der Waals surface area contributed by atoms with E-state index in [9.17, 15) is 9.90 Å². The monoisotopic (exact) mass is 552 g/mol. The van der Waals surface area contributed by atoms with Crippen LogP contribution < -0.4 is 0 Å². The van der Waals surface area contributed by atoms with Crippen LogP contribution in [0.5, 0.6) is 0 Å². The third kappa shape index (κ3) is 4.95. The van der Waals surface area contributed by atoms with Crippen LogP contribution in [0.4, 0.5) is 4.79 Å². The Hall–Kier alpha value is -2.14. The van der Waals surface area contributed by atoms with Gasteiger partial charge in [-0.15, -0.1) is 0 Å². The minimum absolute atomic E-state index is 0.0524. The number of morpholine rings is 1. The van der Waals surface area contributed by atoms with Crippen LogP contribution in [0.15, 0.2) is 27.3 Å². The Labute approximate surface area is 210 Å². The van der Waals surface area contributed by atoms with E-state index in [0.29, 0.717) is 49.9 Å². The number of halogens is 2. The summed E-state index contributed by atoms with van der Waals surface area (Å²) in [7, 11) is 0. The van der Waals surface area contributed by atoms with Gasteiger partial charge in [-0.05, 0) is 53.2 Å². The Morgan fingerprint density at radius 2 is 2.12 bits per heavy atom. The van der Waals surface area contributed by atoms with E-state index in [4.69, 9.17) is 25.5 Å². The summed E-state index contributed by atoms with van der Waals surface area (Å²) in [5.74, 6) is 1.29. The van der Waals surface area contributed by atoms with Gasteiger partial charge in [0.15, 0.2) is 12.1 Å². The molecule has 182 valence electrons. The topological polar surface area (TPSA) is 103 Å². The third-order valence-corrected chi connectivity index (χ3v) is 7.59. The normalized spacial score (nSPS) is 21.3. The van der Waals surface area contributed by atoms with Crippen molar-refractivity contribution < 1.29 is 23.8 Å². The van der Waals surface area contributed by atoms with E-state index >= 15 is 0 Å². The van der Waals surface area contributed by atoms with Gasteiger partial charge in [-0.3, -0.25) is 0 Å². The van der Waals surface area contributed by atoms with E-state index in [1.165, 1.54) is 4.90 Å². The van der Waals surface area contributed by atoms with Crippen molar-refractivity contribution in [3.63, 3.8) is 0 Å². The lowest BCUT2D eigenvalue weighted by molar-refractivity contribution is -0.0366. The van der Waals surface area contributed by atoms with Crippen molar-refractivity contribution in [1.82, 2.24) is 19.7 Å². The molecule has 1 aromatic carbocycles.